The topological polar surface area (TPSA) is 73.8 Å². The van der Waals surface area contributed by atoms with Gasteiger partial charge in [-0.3, -0.25) is 9.48 Å². The number of pyridine rings is 1. The maximum absolute atomic E-state index is 12.3. The first-order chi connectivity index (χ1) is 8.80. The molecular weight excluding hydrogens is 240 g/mol. The first-order valence-electron chi connectivity index (χ1n) is 6.45. The molecule has 1 aliphatic rings. The molecule has 0 radical (unpaired) electrons. The second-order valence-electron chi connectivity index (χ2n) is 6.20. The lowest BCUT2D eigenvalue weighted by Crippen LogP contribution is -2.29. The molecule has 0 aliphatic heterocycles. The minimum absolute atomic E-state index is 0.0508. The molecule has 0 bridgehead atoms. The van der Waals surface area contributed by atoms with Crippen LogP contribution in [0.1, 0.15) is 42.0 Å². The van der Waals surface area contributed by atoms with Gasteiger partial charge < -0.3 is 5.73 Å². The predicted octanol–water partition coefficient (Wildman–Crippen LogP) is 2.01. The Morgan fingerprint density at radius 2 is 2.00 bits per heavy atom. The number of carbonyl (C=O) groups excluding carboxylic acids is 1. The molecule has 2 aromatic heterocycles. The van der Waals surface area contributed by atoms with Crippen molar-refractivity contribution < 1.29 is 4.79 Å². The third-order valence-electron chi connectivity index (χ3n) is 3.82. The summed E-state index contributed by atoms with van der Waals surface area (Å²) >= 11 is 0. The van der Waals surface area contributed by atoms with E-state index in [-0.39, 0.29) is 11.2 Å². The van der Waals surface area contributed by atoms with Gasteiger partial charge in [-0.05, 0) is 18.8 Å². The molecule has 0 unspecified atom stereocenters. The Morgan fingerprint density at radius 3 is 2.68 bits per heavy atom. The molecule has 19 heavy (non-hydrogen) atoms. The minimum atomic E-state index is -0.0508. The maximum atomic E-state index is 12.3. The van der Waals surface area contributed by atoms with Crippen molar-refractivity contribution in [1.29, 1.82) is 0 Å². The summed E-state index contributed by atoms with van der Waals surface area (Å²) in [4.78, 5) is 17.0. The van der Waals surface area contributed by atoms with Crippen molar-refractivity contribution in [3.63, 3.8) is 0 Å². The van der Waals surface area contributed by atoms with Crippen LogP contribution >= 0.6 is 0 Å². The van der Waals surface area contributed by atoms with Crippen LogP contribution in [0.5, 0.6) is 0 Å². The fraction of sp³-hybridized carbons (Fsp3) is 0.500. The fourth-order valence-electron chi connectivity index (χ4n) is 3.03. The second-order valence-corrected chi connectivity index (χ2v) is 6.20. The number of Topliss-reactive ketones (excluding diaryl/α,β-unsaturated/α-hetero) is 1. The van der Waals surface area contributed by atoms with Crippen LogP contribution in [0.25, 0.3) is 11.0 Å². The zero-order valence-electron chi connectivity index (χ0n) is 11.7. The first kappa shape index (κ1) is 12.1. The van der Waals surface area contributed by atoms with Crippen molar-refractivity contribution in [3.05, 3.63) is 17.0 Å². The van der Waals surface area contributed by atoms with Gasteiger partial charge in [0.15, 0.2) is 11.4 Å². The van der Waals surface area contributed by atoms with E-state index in [0.29, 0.717) is 17.7 Å². The number of ketones is 1. The molecular formula is C14H18N4O. The number of nitrogens with two attached hydrogens (primary N) is 1. The molecule has 1 aliphatic carbocycles. The lowest BCUT2D eigenvalue weighted by molar-refractivity contribution is 0.0912. The number of anilines is 1. The average Bonchev–Trinajstić information content (AvgIpc) is 2.51. The van der Waals surface area contributed by atoms with Gasteiger partial charge in [0.25, 0.3) is 0 Å². The molecule has 5 heteroatoms. The minimum Gasteiger partial charge on any atom is -0.397 e. The highest BCUT2D eigenvalue weighted by molar-refractivity contribution is 6.09. The SMILES string of the molecule is Cc1nn(C)c2nc3c(c(N)c12)C(=O)CC(C)(C)C3. The number of rotatable bonds is 0. The summed E-state index contributed by atoms with van der Waals surface area (Å²) in [5, 5.41) is 5.16. The van der Waals surface area contributed by atoms with Gasteiger partial charge in [-0.15, -0.1) is 0 Å². The van der Waals surface area contributed by atoms with Gasteiger partial charge in [0.1, 0.15) is 0 Å². The third-order valence-corrected chi connectivity index (χ3v) is 3.82. The van der Waals surface area contributed by atoms with E-state index in [2.05, 4.69) is 23.9 Å². The van der Waals surface area contributed by atoms with Gasteiger partial charge in [0.05, 0.1) is 28.0 Å². The van der Waals surface area contributed by atoms with Crippen LogP contribution in [-0.2, 0) is 13.5 Å². The van der Waals surface area contributed by atoms with E-state index >= 15 is 0 Å². The Morgan fingerprint density at radius 1 is 1.32 bits per heavy atom. The Bertz CT molecular complexity index is 712. The Kier molecular flexibility index (Phi) is 2.27. The summed E-state index contributed by atoms with van der Waals surface area (Å²) in [7, 11) is 1.85. The van der Waals surface area contributed by atoms with Gasteiger partial charge in [0.2, 0.25) is 0 Å². The second kappa shape index (κ2) is 3.56. The number of aryl methyl sites for hydroxylation is 2. The van der Waals surface area contributed by atoms with Gasteiger partial charge in [-0.1, -0.05) is 13.8 Å². The van der Waals surface area contributed by atoms with Crippen LogP contribution in [0.3, 0.4) is 0 Å². The number of nitrogen functional groups attached to an aromatic ring is 1. The third kappa shape index (κ3) is 1.64. The molecule has 0 atom stereocenters. The molecule has 2 N–H and O–H groups in total. The number of carbonyl (C=O) groups is 1. The van der Waals surface area contributed by atoms with Crippen molar-refractivity contribution in [3.8, 4) is 0 Å². The van der Waals surface area contributed by atoms with Crippen LogP contribution in [0, 0.1) is 12.3 Å². The summed E-state index contributed by atoms with van der Waals surface area (Å²) in [5.41, 5.74) is 9.73. The number of nitrogens with zero attached hydrogens (tertiary/aromatic N) is 3. The summed E-state index contributed by atoms with van der Waals surface area (Å²) < 4.78 is 1.73. The molecule has 100 valence electrons. The molecule has 0 aromatic carbocycles. The van der Waals surface area contributed by atoms with Gasteiger partial charge in [-0.25, -0.2) is 4.98 Å². The Hall–Kier alpha value is -1.91. The van der Waals surface area contributed by atoms with Gasteiger partial charge in [0, 0.05) is 13.5 Å². The molecule has 2 heterocycles. The van der Waals surface area contributed by atoms with E-state index in [0.717, 1.165) is 28.8 Å². The zero-order valence-corrected chi connectivity index (χ0v) is 11.7. The highest BCUT2D eigenvalue weighted by Crippen LogP contribution is 2.39. The van der Waals surface area contributed by atoms with Crippen LogP contribution < -0.4 is 5.73 Å². The lowest BCUT2D eigenvalue weighted by atomic mass is 9.75. The Labute approximate surface area is 111 Å². The summed E-state index contributed by atoms with van der Waals surface area (Å²) in [6.07, 6.45) is 1.30. The van der Waals surface area contributed by atoms with E-state index in [4.69, 9.17) is 5.73 Å². The standard InChI is InChI=1S/C14H18N4O/c1-7-10-12(15)11-8(16-13(10)18(4)17-7)5-14(2,3)6-9(11)19/h5-6H2,1-4H3,(H2,15,16). The normalized spacial score (nSPS) is 17.8. The van der Waals surface area contributed by atoms with Crippen LogP contribution in [0.15, 0.2) is 0 Å². The van der Waals surface area contributed by atoms with Gasteiger partial charge in [-0.2, -0.15) is 5.10 Å². The van der Waals surface area contributed by atoms with Crippen molar-refractivity contribution in [2.24, 2.45) is 12.5 Å². The predicted molar refractivity (Wildman–Crippen MR) is 74.1 cm³/mol. The van der Waals surface area contributed by atoms with Crippen LogP contribution in [-0.4, -0.2) is 20.5 Å². The molecule has 2 aromatic rings. The zero-order chi connectivity index (χ0) is 13.9. The van der Waals surface area contributed by atoms with Crippen molar-refractivity contribution in [2.75, 3.05) is 5.73 Å². The van der Waals surface area contributed by atoms with Crippen LogP contribution in [0.2, 0.25) is 0 Å². The smallest absolute Gasteiger partial charge is 0.167 e. The molecule has 0 saturated heterocycles. The summed E-state index contributed by atoms with van der Waals surface area (Å²) in [6.45, 7) is 6.07. The monoisotopic (exact) mass is 258 g/mol. The van der Waals surface area contributed by atoms with Crippen molar-refractivity contribution in [2.45, 2.75) is 33.6 Å². The highest BCUT2D eigenvalue weighted by Gasteiger charge is 2.34. The fourth-order valence-corrected chi connectivity index (χ4v) is 3.03. The summed E-state index contributed by atoms with van der Waals surface area (Å²) in [6, 6.07) is 0. The number of fused-ring (bicyclic) bond motifs is 2. The lowest BCUT2D eigenvalue weighted by Gasteiger charge is -2.30. The quantitative estimate of drug-likeness (QED) is 0.784. The molecule has 3 rings (SSSR count). The number of aromatic nitrogens is 3. The van der Waals surface area contributed by atoms with E-state index in [1.54, 1.807) is 4.68 Å². The van der Waals surface area contributed by atoms with E-state index in [1.807, 2.05) is 14.0 Å². The molecule has 0 amide bonds. The Balaban J connectivity index is 2.38. The van der Waals surface area contributed by atoms with Crippen molar-refractivity contribution in [1.82, 2.24) is 14.8 Å². The van der Waals surface area contributed by atoms with Gasteiger partial charge >= 0.3 is 0 Å². The summed E-state index contributed by atoms with van der Waals surface area (Å²) in [5.74, 6) is 0.0985. The van der Waals surface area contributed by atoms with Crippen molar-refractivity contribution >= 4 is 22.5 Å². The molecule has 0 saturated carbocycles. The first-order valence-corrected chi connectivity index (χ1v) is 6.45. The van der Waals surface area contributed by atoms with E-state index < -0.39 is 0 Å². The molecule has 0 spiro atoms. The van der Waals surface area contributed by atoms with Crippen LogP contribution in [0.4, 0.5) is 5.69 Å². The number of hydrogen-bond acceptors (Lipinski definition) is 4. The highest BCUT2D eigenvalue weighted by atomic mass is 16.1. The van der Waals surface area contributed by atoms with E-state index in [1.165, 1.54) is 0 Å². The average molecular weight is 258 g/mol. The molecule has 5 nitrogen and oxygen atoms in total. The maximum Gasteiger partial charge on any atom is 0.167 e. The van der Waals surface area contributed by atoms with E-state index in [9.17, 15) is 4.79 Å². The number of hydrogen-bond donors (Lipinski definition) is 1. The largest absolute Gasteiger partial charge is 0.397 e. The molecule has 0 fully saturated rings.